The molecule has 0 bridgehead atoms. The van der Waals surface area contributed by atoms with Crippen LogP contribution in [0.3, 0.4) is 0 Å². The molecule has 2 rings (SSSR count). The van der Waals surface area contributed by atoms with Gasteiger partial charge in [-0.05, 0) is 12.1 Å². The third-order valence-corrected chi connectivity index (χ3v) is 2.50. The first-order valence-corrected chi connectivity index (χ1v) is 4.86. The first-order valence-electron chi connectivity index (χ1n) is 4.11. The molecule has 15 heavy (non-hydrogen) atoms. The SMILES string of the molecule is COc1cc(F)cc2c(Cl)nc(Cl)cc12. The number of nitrogens with zero attached hydrogens (tertiary/aromatic N) is 1. The van der Waals surface area contributed by atoms with Gasteiger partial charge in [-0.1, -0.05) is 23.2 Å². The number of aromatic nitrogens is 1. The van der Waals surface area contributed by atoms with Gasteiger partial charge < -0.3 is 4.74 Å². The maximum Gasteiger partial charge on any atom is 0.138 e. The van der Waals surface area contributed by atoms with E-state index in [2.05, 4.69) is 4.98 Å². The zero-order valence-electron chi connectivity index (χ0n) is 7.72. The topological polar surface area (TPSA) is 22.1 Å². The summed E-state index contributed by atoms with van der Waals surface area (Å²) < 4.78 is 18.2. The monoisotopic (exact) mass is 245 g/mol. The summed E-state index contributed by atoms with van der Waals surface area (Å²) in [5, 5.41) is 1.54. The maximum atomic E-state index is 13.2. The number of pyridine rings is 1. The molecular weight excluding hydrogens is 240 g/mol. The third kappa shape index (κ3) is 1.85. The summed E-state index contributed by atoms with van der Waals surface area (Å²) in [7, 11) is 1.45. The molecule has 0 aliphatic heterocycles. The Labute approximate surface area is 95.6 Å². The molecule has 0 amide bonds. The van der Waals surface area contributed by atoms with E-state index in [4.69, 9.17) is 27.9 Å². The molecule has 2 nitrogen and oxygen atoms in total. The number of halogens is 3. The van der Waals surface area contributed by atoms with E-state index in [-0.39, 0.29) is 10.3 Å². The molecule has 1 aromatic heterocycles. The molecule has 0 unspecified atom stereocenters. The largest absolute Gasteiger partial charge is 0.496 e. The highest BCUT2D eigenvalue weighted by Gasteiger charge is 2.09. The lowest BCUT2D eigenvalue weighted by molar-refractivity contribution is 0.416. The molecule has 1 heterocycles. The predicted octanol–water partition coefficient (Wildman–Crippen LogP) is 3.69. The Morgan fingerprint density at radius 1 is 1.20 bits per heavy atom. The average molecular weight is 246 g/mol. The number of ether oxygens (including phenoxy) is 1. The molecule has 2 aromatic rings. The van der Waals surface area contributed by atoms with Crippen LogP contribution in [0.2, 0.25) is 10.3 Å². The van der Waals surface area contributed by atoms with E-state index in [0.717, 1.165) is 0 Å². The van der Waals surface area contributed by atoms with E-state index in [1.54, 1.807) is 6.07 Å². The normalized spacial score (nSPS) is 10.7. The van der Waals surface area contributed by atoms with Crippen molar-refractivity contribution in [1.82, 2.24) is 4.98 Å². The Kier molecular flexibility index (Phi) is 2.67. The lowest BCUT2D eigenvalue weighted by Gasteiger charge is -2.07. The van der Waals surface area contributed by atoms with Crippen LogP contribution in [0.5, 0.6) is 5.75 Å². The highest BCUT2D eigenvalue weighted by atomic mass is 35.5. The molecule has 5 heteroatoms. The second-order valence-corrected chi connectivity index (χ2v) is 3.68. The molecule has 0 N–H and O–H groups in total. The molecule has 0 aliphatic carbocycles. The zero-order valence-corrected chi connectivity index (χ0v) is 9.23. The highest BCUT2D eigenvalue weighted by molar-refractivity contribution is 6.36. The smallest absolute Gasteiger partial charge is 0.138 e. The van der Waals surface area contributed by atoms with E-state index in [0.29, 0.717) is 16.5 Å². The zero-order chi connectivity index (χ0) is 11.0. The van der Waals surface area contributed by atoms with Crippen LogP contribution in [0.15, 0.2) is 18.2 Å². The van der Waals surface area contributed by atoms with Gasteiger partial charge in [-0.2, -0.15) is 0 Å². The number of rotatable bonds is 1. The molecule has 0 fully saturated rings. The van der Waals surface area contributed by atoms with Gasteiger partial charge in [-0.25, -0.2) is 9.37 Å². The fourth-order valence-electron chi connectivity index (χ4n) is 1.39. The van der Waals surface area contributed by atoms with Crippen molar-refractivity contribution in [2.45, 2.75) is 0 Å². The lowest BCUT2D eigenvalue weighted by atomic mass is 10.1. The van der Waals surface area contributed by atoms with Crippen molar-refractivity contribution in [1.29, 1.82) is 0 Å². The van der Waals surface area contributed by atoms with E-state index in [9.17, 15) is 4.39 Å². The van der Waals surface area contributed by atoms with Gasteiger partial charge in [-0.15, -0.1) is 0 Å². The van der Waals surface area contributed by atoms with E-state index in [1.165, 1.54) is 19.2 Å². The van der Waals surface area contributed by atoms with Gasteiger partial charge in [0.05, 0.1) is 7.11 Å². The Morgan fingerprint density at radius 3 is 2.60 bits per heavy atom. The molecular formula is C10H6Cl2FNO. The van der Waals surface area contributed by atoms with E-state index in [1.807, 2.05) is 0 Å². The van der Waals surface area contributed by atoms with Gasteiger partial charge in [0, 0.05) is 16.8 Å². The van der Waals surface area contributed by atoms with Gasteiger partial charge >= 0.3 is 0 Å². The number of hydrogen-bond acceptors (Lipinski definition) is 2. The van der Waals surface area contributed by atoms with Crippen LogP contribution in [-0.2, 0) is 0 Å². The molecule has 0 spiro atoms. The van der Waals surface area contributed by atoms with Crippen LogP contribution in [-0.4, -0.2) is 12.1 Å². The number of fused-ring (bicyclic) bond motifs is 1. The minimum Gasteiger partial charge on any atom is -0.496 e. The summed E-state index contributed by atoms with van der Waals surface area (Å²) in [6, 6.07) is 4.15. The second kappa shape index (κ2) is 3.83. The van der Waals surface area contributed by atoms with Gasteiger partial charge in [0.1, 0.15) is 21.9 Å². The summed E-state index contributed by atoms with van der Waals surface area (Å²) in [6.45, 7) is 0. The molecule has 0 saturated heterocycles. The molecule has 0 saturated carbocycles. The first-order chi connectivity index (χ1) is 7.11. The summed E-state index contributed by atoms with van der Waals surface area (Å²) in [5.41, 5.74) is 0. The van der Waals surface area contributed by atoms with Crippen LogP contribution in [0, 0.1) is 5.82 Å². The molecule has 0 radical (unpaired) electrons. The third-order valence-electron chi connectivity index (χ3n) is 2.02. The fourth-order valence-corrected chi connectivity index (χ4v) is 1.87. The lowest BCUT2D eigenvalue weighted by Crippen LogP contribution is -1.89. The Hall–Kier alpha value is -1.06. The summed E-state index contributed by atoms with van der Waals surface area (Å²) in [4.78, 5) is 3.83. The Bertz CT molecular complexity index is 530. The molecule has 0 aliphatic rings. The van der Waals surface area contributed by atoms with Crippen molar-refractivity contribution in [3.63, 3.8) is 0 Å². The second-order valence-electron chi connectivity index (χ2n) is 2.94. The van der Waals surface area contributed by atoms with Gasteiger partial charge in [0.2, 0.25) is 0 Å². The minimum absolute atomic E-state index is 0.162. The quantitative estimate of drug-likeness (QED) is 0.716. The maximum absolute atomic E-state index is 13.2. The summed E-state index contributed by atoms with van der Waals surface area (Å²) in [5.74, 6) is -0.0402. The van der Waals surface area contributed by atoms with Crippen LogP contribution < -0.4 is 4.74 Å². The number of methoxy groups -OCH3 is 1. The van der Waals surface area contributed by atoms with Gasteiger partial charge in [0.15, 0.2) is 0 Å². The fraction of sp³-hybridized carbons (Fsp3) is 0.100. The molecule has 78 valence electrons. The standard InChI is InChI=1S/C10H6Cl2FNO/c1-15-8-3-5(13)2-7-6(8)4-9(11)14-10(7)12/h2-4H,1H3. The number of benzene rings is 1. The first kappa shape index (κ1) is 10.5. The average Bonchev–Trinajstić information content (AvgIpc) is 2.18. The molecule has 0 atom stereocenters. The van der Waals surface area contributed by atoms with E-state index < -0.39 is 5.82 Å². The van der Waals surface area contributed by atoms with Crippen molar-refractivity contribution in [3.05, 3.63) is 34.3 Å². The van der Waals surface area contributed by atoms with Crippen LogP contribution in [0.1, 0.15) is 0 Å². The highest BCUT2D eigenvalue weighted by Crippen LogP contribution is 2.32. The van der Waals surface area contributed by atoms with Crippen molar-refractivity contribution in [2.75, 3.05) is 7.11 Å². The number of hydrogen-bond donors (Lipinski definition) is 0. The van der Waals surface area contributed by atoms with Crippen molar-refractivity contribution < 1.29 is 9.13 Å². The van der Waals surface area contributed by atoms with Crippen molar-refractivity contribution in [3.8, 4) is 5.75 Å². The Morgan fingerprint density at radius 2 is 1.93 bits per heavy atom. The van der Waals surface area contributed by atoms with Crippen LogP contribution in [0.4, 0.5) is 4.39 Å². The van der Waals surface area contributed by atoms with E-state index >= 15 is 0 Å². The van der Waals surface area contributed by atoms with Crippen LogP contribution in [0.25, 0.3) is 10.8 Å². The van der Waals surface area contributed by atoms with Gasteiger partial charge in [-0.3, -0.25) is 0 Å². The Balaban J connectivity index is 2.89. The van der Waals surface area contributed by atoms with Crippen molar-refractivity contribution >= 4 is 34.0 Å². The molecule has 1 aromatic carbocycles. The van der Waals surface area contributed by atoms with Crippen LogP contribution >= 0.6 is 23.2 Å². The summed E-state index contributed by atoms with van der Waals surface area (Å²) >= 11 is 11.6. The summed E-state index contributed by atoms with van der Waals surface area (Å²) in [6.07, 6.45) is 0. The van der Waals surface area contributed by atoms with Crippen molar-refractivity contribution in [2.24, 2.45) is 0 Å². The minimum atomic E-state index is -0.426. The van der Waals surface area contributed by atoms with Gasteiger partial charge in [0.25, 0.3) is 0 Å². The predicted molar refractivity (Wildman–Crippen MR) is 58.3 cm³/mol.